The van der Waals surface area contributed by atoms with Crippen molar-refractivity contribution < 1.29 is 9.53 Å². The molecule has 0 saturated heterocycles. The molecule has 102 valence electrons. The largest absolute Gasteiger partial charge is 0.382 e. The van der Waals surface area contributed by atoms with Crippen LogP contribution in [0.4, 0.5) is 0 Å². The van der Waals surface area contributed by atoms with Crippen LogP contribution in [0.2, 0.25) is 5.02 Å². The van der Waals surface area contributed by atoms with Crippen molar-refractivity contribution in [3.63, 3.8) is 0 Å². The van der Waals surface area contributed by atoms with Gasteiger partial charge in [-0.05, 0) is 19.8 Å². The SMILES string of the molecule is CCOCCCC(=O)Cc1c(Cl)c(CC)nn1C. The molecule has 0 aliphatic rings. The number of Topliss-reactive ketones (excluding diaryl/α,β-unsaturated/α-hetero) is 1. The van der Waals surface area contributed by atoms with Crippen LogP contribution in [0.15, 0.2) is 0 Å². The lowest BCUT2D eigenvalue weighted by Crippen LogP contribution is -2.09. The Bertz CT molecular complexity index is 402. The van der Waals surface area contributed by atoms with E-state index in [1.54, 1.807) is 4.68 Å². The third-order valence-corrected chi connectivity index (χ3v) is 3.25. The Balaban J connectivity index is 2.51. The standard InChI is InChI=1S/C13H21ClN2O2/c1-4-11-13(14)12(16(3)15-11)9-10(17)7-6-8-18-5-2/h4-9H2,1-3H3. The fraction of sp³-hybridized carbons (Fsp3) is 0.692. The van der Waals surface area contributed by atoms with Gasteiger partial charge in [0.1, 0.15) is 5.78 Å². The monoisotopic (exact) mass is 272 g/mol. The van der Waals surface area contributed by atoms with Crippen molar-refractivity contribution in [2.24, 2.45) is 7.05 Å². The van der Waals surface area contributed by atoms with E-state index in [9.17, 15) is 4.79 Å². The Morgan fingerprint density at radius 2 is 2.17 bits per heavy atom. The van der Waals surface area contributed by atoms with Crippen LogP contribution in [-0.2, 0) is 29.4 Å². The van der Waals surface area contributed by atoms with Crippen LogP contribution in [0.5, 0.6) is 0 Å². The second kappa shape index (κ2) is 7.54. The summed E-state index contributed by atoms with van der Waals surface area (Å²) in [5.74, 6) is 0.183. The zero-order valence-corrected chi connectivity index (χ0v) is 12.1. The summed E-state index contributed by atoms with van der Waals surface area (Å²) >= 11 is 6.20. The Hall–Kier alpha value is -0.870. The third kappa shape index (κ3) is 4.10. The normalized spacial score (nSPS) is 10.9. The number of aryl methyl sites for hydroxylation is 2. The quantitative estimate of drug-likeness (QED) is 0.683. The highest BCUT2D eigenvalue weighted by Gasteiger charge is 2.15. The number of nitrogens with zero attached hydrogens (tertiary/aromatic N) is 2. The van der Waals surface area contributed by atoms with Crippen molar-refractivity contribution in [3.05, 3.63) is 16.4 Å². The molecule has 0 radical (unpaired) electrons. The zero-order chi connectivity index (χ0) is 13.5. The number of ketones is 1. The minimum absolute atomic E-state index is 0.183. The van der Waals surface area contributed by atoms with E-state index < -0.39 is 0 Å². The van der Waals surface area contributed by atoms with E-state index in [1.807, 2.05) is 20.9 Å². The van der Waals surface area contributed by atoms with Gasteiger partial charge in [-0.25, -0.2) is 0 Å². The fourth-order valence-electron chi connectivity index (χ4n) is 1.80. The van der Waals surface area contributed by atoms with Crippen LogP contribution >= 0.6 is 11.6 Å². The van der Waals surface area contributed by atoms with Crippen LogP contribution in [0.3, 0.4) is 0 Å². The predicted molar refractivity (Wildman–Crippen MR) is 72.0 cm³/mol. The molecule has 0 aromatic carbocycles. The predicted octanol–water partition coefficient (Wildman–Crippen LogP) is 2.56. The molecular weight excluding hydrogens is 252 g/mol. The second-order valence-corrected chi connectivity index (χ2v) is 4.58. The van der Waals surface area contributed by atoms with Gasteiger partial charge in [0.15, 0.2) is 0 Å². The van der Waals surface area contributed by atoms with Gasteiger partial charge in [0, 0.05) is 33.1 Å². The summed E-state index contributed by atoms with van der Waals surface area (Å²) in [4.78, 5) is 11.8. The maximum absolute atomic E-state index is 11.8. The first-order chi connectivity index (χ1) is 8.60. The zero-order valence-electron chi connectivity index (χ0n) is 11.3. The van der Waals surface area contributed by atoms with Crippen LogP contribution < -0.4 is 0 Å². The van der Waals surface area contributed by atoms with Gasteiger partial charge in [-0.2, -0.15) is 5.10 Å². The highest BCUT2D eigenvalue weighted by Crippen LogP contribution is 2.21. The minimum atomic E-state index is 0.183. The van der Waals surface area contributed by atoms with E-state index in [0.717, 1.165) is 24.2 Å². The van der Waals surface area contributed by atoms with Crippen LogP contribution in [0.25, 0.3) is 0 Å². The smallest absolute Gasteiger partial charge is 0.138 e. The van der Waals surface area contributed by atoms with Gasteiger partial charge in [-0.3, -0.25) is 9.48 Å². The number of hydrogen-bond donors (Lipinski definition) is 0. The van der Waals surface area contributed by atoms with E-state index in [-0.39, 0.29) is 5.78 Å². The molecular formula is C13H21ClN2O2. The van der Waals surface area contributed by atoms with Crippen molar-refractivity contribution in [1.29, 1.82) is 0 Å². The minimum Gasteiger partial charge on any atom is -0.382 e. The lowest BCUT2D eigenvalue weighted by atomic mass is 10.1. The lowest BCUT2D eigenvalue weighted by molar-refractivity contribution is -0.118. The number of hydrogen-bond acceptors (Lipinski definition) is 3. The van der Waals surface area contributed by atoms with Gasteiger partial charge in [-0.15, -0.1) is 0 Å². The Labute approximate surface area is 113 Å². The molecule has 18 heavy (non-hydrogen) atoms. The molecule has 1 rings (SSSR count). The van der Waals surface area contributed by atoms with Crippen molar-refractivity contribution in [3.8, 4) is 0 Å². The average molecular weight is 273 g/mol. The molecule has 0 amide bonds. The molecule has 0 aliphatic carbocycles. The molecule has 0 atom stereocenters. The molecule has 0 bridgehead atoms. The third-order valence-electron chi connectivity index (χ3n) is 2.82. The fourth-order valence-corrected chi connectivity index (χ4v) is 2.16. The van der Waals surface area contributed by atoms with Gasteiger partial charge < -0.3 is 4.74 Å². The molecule has 0 saturated carbocycles. The molecule has 1 heterocycles. The number of carbonyl (C=O) groups excluding carboxylic acids is 1. The number of aromatic nitrogens is 2. The molecule has 0 N–H and O–H groups in total. The number of halogens is 1. The van der Waals surface area contributed by atoms with Gasteiger partial charge in [-0.1, -0.05) is 18.5 Å². The molecule has 0 unspecified atom stereocenters. The van der Waals surface area contributed by atoms with Gasteiger partial charge in [0.25, 0.3) is 0 Å². The molecule has 1 aromatic heterocycles. The van der Waals surface area contributed by atoms with E-state index in [2.05, 4.69) is 5.10 Å². The number of carbonyl (C=O) groups is 1. The first-order valence-corrected chi connectivity index (χ1v) is 6.77. The summed E-state index contributed by atoms with van der Waals surface area (Å²) in [6.45, 7) is 5.29. The van der Waals surface area contributed by atoms with Crippen molar-refractivity contribution >= 4 is 17.4 Å². The maximum Gasteiger partial charge on any atom is 0.138 e. The molecule has 4 nitrogen and oxygen atoms in total. The molecule has 0 aliphatic heterocycles. The maximum atomic E-state index is 11.8. The molecule has 0 fully saturated rings. The lowest BCUT2D eigenvalue weighted by Gasteiger charge is -2.03. The Morgan fingerprint density at radius 1 is 1.44 bits per heavy atom. The summed E-state index contributed by atoms with van der Waals surface area (Å²) < 4.78 is 6.92. The van der Waals surface area contributed by atoms with Crippen molar-refractivity contribution in [1.82, 2.24) is 9.78 Å². The summed E-state index contributed by atoms with van der Waals surface area (Å²) in [7, 11) is 1.83. The van der Waals surface area contributed by atoms with Crippen LogP contribution in [0, 0.1) is 0 Å². The Morgan fingerprint density at radius 3 is 2.72 bits per heavy atom. The first-order valence-electron chi connectivity index (χ1n) is 6.39. The second-order valence-electron chi connectivity index (χ2n) is 4.20. The summed E-state index contributed by atoms with van der Waals surface area (Å²) in [6, 6.07) is 0. The van der Waals surface area contributed by atoms with E-state index in [4.69, 9.17) is 16.3 Å². The first kappa shape index (κ1) is 15.2. The van der Waals surface area contributed by atoms with E-state index >= 15 is 0 Å². The summed E-state index contributed by atoms with van der Waals surface area (Å²) in [6.07, 6.45) is 2.44. The average Bonchev–Trinajstić information content (AvgIpc) is 2.62. The van der Waals surface area contributed by atoms with Crippen LogP contribution in [-0.4, -0.2) is 28.8 Å². The highest BCUT2D eigenvalue weighted by atomic mass is 35.5. The van der Waals surface area contributed by atoms with E-state index in [1.165, 1.54) is 0 Å². The molecule has 5 heteroatoms. The number of rotatable bonds is 8. The summed E-state index contributed by atoms with van der Waals surface area (Å²) in [5, 5.41) is 4.94. The summed E-state index contributed by atoms with van der Waals surface area (Å²) in [5.41, 5.74) is 1.67. The topological polar surface area (TPSA) is 44.1 Å². The number of ether oxygens (including phenoxy) is 1. The van der Waals surface area contributed by atoms with Crippen molar-refractivity contribution in [2.45, 2.75) is 39.5 Å². The van der Waals surface area contributed by atoms with Crippen molar-refractivity contribution in [2.75, 3.05) is 13.2 Å². The van der Waals surface area contributed by atoms with E-state index in [0.29, 0.717) is 31.1 Å². The van der Waals surface area contributed by atoms with Gasteiger partial charge >= 0.3 is 0 Å². The van der Waals surface area contributed by atoms with Crippen LogP contribution in [0.1, 0.15) is 38.1 Å². The van der Waals surface area contributed by atoms with Gasteiger partial charge in [0.05, 0.1) is 16.4 Å². The Kier molecular flexibility index (Phi) is 6.36. The van der Waals surface area contributed by atoms with Gasteiger partial charge in [0.2, 0.25) is 0 Å². The highest BCUT2D eigenvalue weighted by molar-refractivity contribution is 6.32. The molecule has 0 spiro atoms. The molecule has 1 aromatic rings.